The van der Waals surface area contributed by atoms with Crippen molar-refractivity contribution in [2.24, 2.45) is 0 Å². The zero-order valence-electron chi connectivity index (χ0n) is 17.4. The van der Waals surface area contributed by atoms with Crippen LogP contribution < -0.4 is 4.74 Å². The summed E-state index contributed by atoms with van der Waals surface area (Å²) in [6.07, 6.45) is 9.18. The lowest BCUT2D eigenvalue weighted by Crippen LogP contribution is -2.32. The van der Waals surface area contributed by atoms with Crippen LogP contribution in [0.2, 0.25) is 0 Å². The minimum Gasteiger partial charge on any atom is -0.502 e. The van der Waals surface area contributed by atoms with E-state index in [2.05, 4.69) is 6.92 Å². The number of ether oxygens (including phenoxy) is 1. The average molecular weight is 388 g/mol. The van der Waals surface area contributed by atoms with E-state index in [1.165, 1.54) is 37.0 Å². The van der Waals surface area contributed by atoms with Crippen LogP contribution in [0.1, 0.15) is 77.7 Å². The first-order valence-electron chi connectivity index (χ1n) is 10.5. The van der Waals surface area contributed by atoms with E-state index in [1.807, 2.05) is 13.8 Å². The molecule has 1 aromatic carbocycles. The fourth-order valence-electron chi connectivity index (χ4n) is 3.40. The fraction of sp³-hybridized carbons (Fsp3) is 0.565. The van der Waals surface area contributed by atoms with Gasteiger partial charge in [0.2, 0.25) is 0 Å². The lowest BCUT2D eigenvalue weighted by Gasteiger charge is -2.14. The van der Waals surface area contributed by atoms with Gasteiger partial charge in [0.05, 0.1) is 11.7 Å². The molecule has 1 aliphatic heterocycles. The smallest absolute Gasteiger partial charge is 0.296 e. The molecule has 2 rings (SSSR count). The maximum absolute atomic E-state index is 12.7. The van der Waals surface area contributed by atoms with Crippen molar-refractivity contribution in [1.82, 2.24) is 4.90 Å². The predicted molar refractivity (Wildman–Crippen MR) is 111 cm³/mol. The Balaban J connectivity index is 1.87. The van der Waals surface area contributed by atoms with Crippen molar-refractivity contribution in [2.45, 2.75) is 78.2 Å². The Kier molecular flexibility index (Phi) is 8.55. The van der Waals surface area contributed by atoms with Crippen LogP contribution >= 0.6 is 0 Å². The Hall–Kier alpha value is -2.30. The van der Waals surface area contributed by atoms with E-state index >= 15 is 0 Å². The Bertz CT molecular complexity index is 691. The van der Waals surface area contributed by atoms with Gasteiger partial charge in [-0.3, -0.25) is 14.5 Å². The molecule has 0 radical (unpaired) electrons. The number of hydrogen-bond donors (Lipinski definition) is 1. The van der Waals surface area contributed by atoms with Crippen molar-refractivity contribution in [2.75, 3.05) is 6.54 Å². The second kappa shape index (κ2) is 10.9. The number of carbonyl (C=O) groups excluding carboxylic acids is 2. The highest BCUT2D eigenvalue weighted by molar-refractivity contribution is 6.34. The van der Waals surface area contributed by atoms with Gasteiger partial charge in [0, 0.05) is 6.54 Å². The highest BCUT2D eigenvalue weighted by Gasteiger charge is 2.38. The Labute approximate surface area is 168 Å². The molecule has 1 N–H and O–H groups in total. The van der Waals surface area contributed by atoms with E-state index in [1.54, 1.807) is 24.3 Å². The van der Waals surface area contributed by atoms with E-state index in [-0.39, 0.29) is 11.7 Å². The maximum Gasteiger partial charge on any atom is 0.296 e. The van der Waals surface area contributed by atoms with Crippen molar-refractivity contribution >= 4 is 17.4 Å². The lowest BCUT2D eigenvalue weighted by molar-refractivity contribution is -0.138. The molecule has 154 valence electrons. The van der Waals surface area contributed by atoms with Crippen molar-refractivity contribution in [3.05, 3.63) is 35.6 Å². The number of hydrogen-bond acceptors (Lipinski definition) is 4. The summed E-state index contributed by atoms with van der Waals surface area (Å²) in [5, 5.41) is 10.2. The van der Waals surface area contributed by atoms with Crippen molar-refractivity contribution in [1.29, 1.82) is 0 Å². The van der Waals surface area contributed by atoms with Gasteiger partial charge in [0.15, 0.2) is 5.76 Å². The van der Waals surface area contributed by atoms with Gasteiger partial charge < -0.3 is 9.84 Å². The standard InChI is InChI=1S/C23H33NO4/c1-4-5-6-7-8-9-10-11-16-24-22(26)20(21(25)23(24)27)18-12-14-19(15-13-18)28-17(2)3/h12-15,17,25H,4-11,16H2,1-3H3. The summed E-state index contributed by atoms with van der Waals surface area (Å²) in [5.41, 5.74) is 0.617. The largest absolute Gasteiger partial charge is 0.502 e. The summed E-state index contributed by atoms with van der Waals surface area (Å²) >= 11 is 0. The number of rotatable bonds is 12. The molecular formula is C23H33NO4. The minimum absolute atomic E-state index is 0.0512. The fourth-order valence-corrected chi connectivity index (χ4v) is 3.40. The van der Waals surface area contributed by atoms with E-state index in [0.717, 1.165) is 19.3 Å². The third kappa shape index (κ3) is 5.85. The second-order valence-corrected chi connectivity index (χ2v) is 7.65. The van der Waals surface area contributed by atoms with Crippen LogP contribution in [0.25, 0.3) is 5.57 Å². The third-order valence-corrected chi connectivity index (χ3v) is 4.89. The number of amides is 2. The quantitative estimate of drug-likeness (QED) is 0.393. The number of unbranched alkanes of at least 4 members (excludes halogenated alkanes) is 7. The molecule has 0 spiro atoms. The number of imide groups is 1. The van der Waals surface area contributed by atoms with Gasteiger partial charge in [-0.2, -0.15) is 0 Å². The first-order valence-corrected chi connectivity index (χ1v) is 10.5. The Morgan fingerprint density at radius 2 is 1.46 bits per heavy atom. The Morgan fingerprint density at radius 3 is 2.04 bits per heavy atom. The average Bonchev–Trinajstić information content (AvgIpc) is 2.87. The summed E-state index contributed by atoms with van der Waals surface area (Å²) in [4.78, 5) is 26.2. The van der Waals surface area contributed by atoms with E-state index in [0.29, 0.717) is 17.9 Å². The zero-order valence-corrected chi connectivity index (χ0v) is 17.4. The zero-order chi connectivity index (χ0) is 20.5. The summed E-state index contributed by atoms with van der Waals surface area (Å²) in [7, 11) is 0. The highest BCUT2D eigenvalue weighted by Crippen LogP contribution is 2.29. The van der Waals surface area contributed by atoms with Gasteiger partial charge in [-0.25, -0.2) is 0 Å². The van der Waals surface area contributed by atoms with E-state index < -0.39 is 17.6 Å². The normalized spacial score (nSPS) is 14.5. The highest BCUT2D eigenvalue weighted by atomic mass is 16.5. The molecule has 0 unspecified atom stereocenters. The number of aliphatic hydroxyl groups excluding tert-OH is 1. The molecule has 28 heavy (non-hydrogen) atoms. The second-order valence-electron chi connectivity index (χ2n) is 7.65. The van der Waals surface area contributed by atoms with Crippen LogP contribution in [0.3, 0.4) is 0 Å². The molecule has 0 atom stereocenters. The molecule has 0 aromatic heterocycles. The summed E-state index contributed by atoms with van der Waals surface area (Å²) in [6, 6.07) is 6.89. The van der Waals surface area contributed by atoms with Crippen LogP contribution in [0.5, 0.6) is 5.75 Å². The summed E-state index contributed by atoms with van der Waals surface area (Å²) in [6.45, 7) is 6.43. The lowest BCUT2D eigenvalue weighted by atomic mass is 10.1. The van der Waals surface area contributed by atoms with Gasteiger partial charge in [-0.05, 0) is 38.0 Å². The van der Waals surface area contributed by atoms with Gasteiger partial charge in [-0.15, -0.1) is 0 Å². The van der Waals surface area contributed by atoms with Gasteiger partial charge in [0.1, 0.15) is 5.75 Å². The maximum atomic E-state index is 12.7. The predicted octanol–water partition coefficient (Wildman–Crippen LogP) is 5.25. The van der Waals surface area contributed by atoms with E-state index in [9.17, 15) is 14.7 Å². The summed E-state index contributed by atoms with van der Waals surface area (Å²) < 4.78 is 5.59. The number of aliphatic hydroxyl groups is 1. The van der Waals surface area contributed by atoms with E-state index in [4.69, 9.17) is 4.74 Å². The van der Waals surface area contributed by atoms with Crippen molar-refractivity contribution in [3.63, 3.8) is 0 Å². The monoisotopic (exact) mass is 387 g/mol. The molecular weight excluding hydrogens is 354 g/mol. The molecule has 0 saturated heterocycles. The van der Waals surface area contributed by atoms with Crippen LogP contribution in [0.15, 0.2) is 30.0 Å². The topological polar surface area (TPSA) is 66.8 Å². The molecule has 1 heterocycles. The molecule has 2 amide bonds. The molecule has 1 aromatic rings. The minimum atomic E-state index is -0.592. The van der Waals surface area contributed by atoms with Crippen LogP contribution in [0, 0.1) is 0 Å². The molecule has 0 saturated carbocycles. The van der Waals surface area contributed by atoms with Gasteiger partial charge in [-0.1, -0.05) is 64.0 Å². The molecule has 5 nitrogen and oxygen atoms in total. The van der Waals surface area contributed by atoms with Crippen molar-refractivity contribution < 1.29 is 19.4 Å². The van der Waals surface area contributed by atoms with Crippen molar-refractivity contribution in [3.8, 4) is 5.75 Å². The van der Waals surface area contributed by atoms with Crippen LogP contribution in [-0.2, 0) is 9.59 Å². The first kappa shape index (κ1) is 22.0. The third-order valence-electron chi connectivity index (χ3n) is 4.89. The summed E-state index contributed by atoms with van der Waals surface area (Å²) in [5.74, 6) is -0.776. The molecule has 5 heteroatoms. The van der Waals surface area contributed by atoms with Gasteiger partial charge >= 0.3 is 0 Å². The first-order chi connectivity index (χ1) is 13.5. The SMILES string of the molecule is CCCCCCCCCCN1C(=O)C(O)=C(c2ccc(OC(C)C)cc2)C1=O. The van der Waals surface area contributed by atoms with Crippen LogP contribution in [0.4, 0.5) is 0 Å². The molecule has 1 aliphatic rings. The molecule has 0 bridgehead atoms. The number of nitrogens with zero attached hydrogens (tertiary/aromatic N) is 1. The number of benzene rings is 1. The molecule has 0 fully saturated rings. The number of carbonyl (C=O) groups is 2. The van der Waals surface area contributed by atoms with Crippen LogP contribution in [-0.4, -0.2) is 34.5 Å². The molecule has 0 aliphatic carbocycles. The Morgan fingerprint density at radius 1 is 0.893 bits per heavy atom. The van der Waals surface area contributed by atoms with Gasteiger partial charge in [0.25, 0.3) is 11.8 Å².